The first-order chi connectivity index (χ1) is 4.43. The molecule has 0 saturated heterocycles. The van der Waals surface area contributed by atoms with Crippen molar-refractivity contribution in [3.63, 3.8) is 0 Å². The molecular weight excluding hydrogens is 118 g/mol. The zero-order valence-electron chi connectivity index (χ0n) is 5.17. The van der Waals surface area contributed by atoms with E-state index in [1.165, 1.54) is 6.26 Å². The Morgan fingerprint density at radius 3 is 3.33 bits per heavy atom. The van der Waals surface area contributed by atoms with Crippen molar-refractivity contribution in [2.75, 3.05) is 19.8 Å². The molecule has 0 aromatic carbocycles. The Kier molecular flexibility index (Phi) is 2.13. The van der Waals surface area contributed by atoms with Crippen LogP contribution in [-0.2, 0) is 9.47 Å². The Morgan fingerprint density at radius 1 is 1.89 bits per heavy atom. The minimum absolute atomic E-state index is 0.420. The molecule has 3 nitrogen and oxygen atoms in total. The Balaban J connectivity index is 2.18. The first-order valence-corrected chi connectivity index (χ1v) is 2.82. The lowest BCUT2D eigenvalue weighted by Gasteiger charge is -1.98. The van der Waals surface area contributed by atoms with Crippen molar-refractivity contribution in [2.45, 2.75) is 0 Å². The average molecular weight is 127 g/mol. The van der Waals surface area contributed by atoms with E-state index in [4.69, 9.17) is 9.47 Å². The number of hydrogen-bond donors (Lipinski definition) is 0. The first kappa shape index (κ1) is 6.13. The summed E-state index contributed by atoms with van der Waals surface area (Å²) in [7, 11) is 0. The fourth-order valence-electron chi connectivity index (χ4n) is 0.597. The number of aliphatic imine (C=N–C) groups is 1. The summed E-state index contributed by atoms with van der Waals surface area (Å²) in [5.41, 5.74) is 0. The van der Waals surface area contributed by atoms with Crippen LogP contribution in [-0.4, -0.2) is 25.7 Å². The third-order valence-electron chi connectivity index (χ3n) is 0.973. The van der Waals surface area contributed by atoms with Gasteiger partial charge in [0.05, 0.1) is 12.8 Å². The highest BCUT2D eigenvalue weighted by Crippen LogP contribution is 1.93. The Bertz CT molecular complexity index is 131. The number of nitrogens with zero attached hydrogens (tertiary/aromatic N) is 1. The lowest BCUT2D eigenvalue weighted by atomic mass is 10.7. The van der Waals surface area contributed by atoms with Crippen molar-refractivity contribution in [1.82, 2.24) is 0 Å². The average Bonchev–Trinajstić information content (AvgIpc) is 2.34. The van der Waals surface area contributed by atoms with Gasteiger partial charge < -0.3 is 9.47 Å². The highest BCUT2D eigenvalue weighted by Gasteiger charge is 2.04. The third-order valence-corrected chi connectivity index (χ3v) is 0.973. The van der Waals surface area contributed by atoms with E-state index in [-0.39, 0.29) is 0 Å². The predicted octanol–water partition coefficient (Wildman–Crippen LogP) is 0.575. The van der Waals surface area contributed by atoms with Gasteiger partial charge in [-0.3, -0.25) is 0 Å². The molecule has 0 spiro atoms. The molecule has 0 saturated carbocycles. The van der Waals surface area contributed by atoms with Gasteiger partial charge >= 0.3 is 0 Å². The van der Waals surface area contributed by atoms with Gasteiger partial charge in [0.1, 0.15) is 6.61 Å². The van der Waals surface area contributed by atoms with Crippen LogP contribution >= 0.6 is 0 Å². The second-order valence-electron chi connectivity index (χ2n) is 1.60. The molecule has 9 heavy (non-hydrogen) atoms. The maximum Gasteiger partial charge on any atom is 0.222 e. The molecule has 1 aliphatic rings. The fraction of sp³-hybridized carbons (Fsp3) is 0.500. The van der Waals surface area contributed by atoms with Crippen molar-refractivity contribution < 1.29 is 9.47 Å². The molecule has 0 radical (unpaired) electrons. The van der Waals surface area contributed by atoms with Gasteiger partial charge in [-0.2, -0.15) is 0 Å². The van der Waals surface area contributed by atoms with Crippen LogP contribution in [0.1, 0.15) is 0 Å². The van der Waals surface area contributed by atoms with Crippen LogP contribution in [0.2, 0.25) is 0 Å². The van der Waals surface area contributed by atoms with Gasteiger partial charge in [0.15, 0.2) is 6.61 Å². The second-order valence-corrected chi connectivity index (χ2v) is 1.60. The molecule has 0 N–H and O–H groups in total. The minimum Gasteiger partial charge on any atom is -0.492 e. The molecule has 0 bridgehead atoms. The van der Waals surface area contributed by atoms with Crippen LogP contribution < -0.4 is 0 Å². The molecule has 0 aromatic heterocycles. The van der Waals surface area contributed by atoms with E-state index in [1.54, 1.807) is 0 Å². The zero-order valence-corrected chi connectivity index (χ0v) is 5.17. The molecule has 0 aromatic rings. The van der Waals surface area contributed by atoms with E-state index < -0.39 is 0 Å². The third kappa shape index (κ3) is 1.76. The summed E-state index contributed by atoms with van der Waals surface area (Å²) in [5.74, 6) is 0.676. The first-order valence-electron chi connectivity index (χ1n) is 2.82. The predicted molar refractivity (Wildman–Crippen MR) is 34.4 cm³/mol. The Hall–Kier alpha value is -0.990. The lowest BCUT2D eigenvalue weighted by molar-refractivity contribution is 0.256. The molecular formula is C6H9NO2. The van der Waals surface area contributed by atoms with E-state index in [0.29, 0.717) is 19.1 Å². The lowest BCUT2D eigenvalue weighted by Crippen LogP contribution is -2.05. The molecule has 3 heteroatoms. The van der Waals surface area contributed by atoms with Crippen molar-refractivity contribution in [3.8, 4) is 0 Å². The van der Waals surface area contributed by atoms with Gasteiger partial charge in [0.25, 0.3) is 0 Å². The SMILES string of the molecule is C=COCC1=NCCO1. The molecule has 0 unspecified atom stereocenters. The van der Waals surface area contributed by atoms with Gasteiger partial charge in [-0.25, -0.2) is 4.99 Å². The van der Waals surface area contributed by atoms with E-state index in [1.807, 2.05) is 0 Å². The van der Waals surface area contributed by atoms with Crippen molar-refractivity contribution in [1.29, 1.82) is 0 Å². The van der Waals surface area contributed by atoms with Gasteiger partial charge in [-0.1, -0.05) is 6.58 Å². The summed E-state index contributed by atoms with van der Waals surface area (Å²) in [4.78, 5) is 3.99. The molecule has 0 amide bonds. The van der Waals surface area contributed by atoms with E-state index in [2.05, 4.69) is 11.6 Å². The number of rotatable bonds is 3. The maximum atomic E-state index is 5.03. The largest absolute Gasteiger partial charge is 0.492 e. The quantitative estimate of drug-likeness (QED) is 0.519. The summed E-state index contributed by atoms with van der Waals surface area (Å²) in [6, 6.07) is 0. The van der Waals surface area contributed by atoms with Gasteiger partial charge in [-0.15, -0.1) is 0 Å². The highest BCUT2D eigenvalue weighted by molar-refractivity contribution is 5.78. The van der Waals surface area contributed by atoms with Crippen LogP contribution in [0.5, 0.6) is 0 Å². The van der Waals surface area contributed by atoms with Gasteiger partial charge in [0.2, 0.25) is 5.90 Å². The standard InChI is InChI=1S/C6H9NO2/c1-2-8-5-6-7-3-4-9-6/h2H,1,3-5H2. The summed E-state index contributed by atoms with van der Waals surface area (Å²) in [6.45, 7) is 5.26. The molecule has 0 atom stereocenters. The minimum atomic E-state index is 0.420. The maximum absolute atomic E-state index is 5.03. The molecule has 1 rings (SSSR count). The Labute approximate surface area is 54.0 Å². The van der Waals surface area contributed by atoms with E-state index in [0.717, 1.165) is 6.54 Å². The monoisotopic (exact) mass is 127 g/mol. The van der Waals surface area contributed by atoms with Crippen LogP contribution in [0.4, 0.5) is 0 Å². The number of hydrogen-bond acceptors (Lipinski definition) is 3. The van der Waals surface area contributed by atoms with Crippen LogP contribution in [0.25, 0.3) is 0 Å². The van der Waals surface area contributed by atoms with E-state index >= 15 is 0 Å². The molecule has 0 aliphatic carbocycles. The van der Waals surface area contributed by atoms with Crippen molar-refractivity contribution in [2.24, 2.45) is 4.99 Å². The summed E-state index contributed by atoms with van der Waals surface area (Å²) in [5, 5.41) is 0. The van der Waals surface area contributed by atoms with Crippen molar-refractivity contribution >= 4 is 5.90 Å². The normalized spacial score (nSPS) is 16.2. The summed E-state index contributed by atoms with van der Waals surface area (Å²) in [6.07, 6.45) is 1.38. The molecule has 1 heterocycles. The Morgan fingerprint density at radius 2 is 2.78 bits per heavy atom. The van der Waals surface area contributed by atoms with Crippen LogP contribution in [0.3, 0.4) is 0 Å². The highest BCUT2D eigenvalue weighted by atomic mass is 16.5. The van der Waals surface area contributed by atoms with E-state index in [9.17, 15) is 0 Å². The van der Waals surface area contributed by atoms with Gasteiger partial charge in [0, 0.05) is 0 Å². The zero-order chi connectivity index (χ0) is 6.53. The smallest absolute Gasteiger partial charge is 0.222 e. The molecule has 0 fully saturated rings. The van der Waals surface area contributed by atoms with Crippen LogP contribution in [0, 0.1) is 0 Å². The van der Waals surface area contributed by atoms with Crippen LogP contribution in [0.15, 0.2) is 17.8 Å². The summed E-state index contributed by atoms with van der Waals surface area (Å²) >= 11 is 0. The second kappa shape index (κ2) is 3.12. The topological polar surface area (TPSA) is 30.8 Å². The fourth-order valence-corrected chi connectivity index (χ4v) is 0.597. The summed E-state index contributed by atoms with van der Waals surface area (Å²) < 4.78 is 9.86. The number of ether oxygens (including phenoxy) is 2. The van der Waals surface area contributed by atoms with Gasteiger partial charge in [-0.05, 0) is 0 Å². The molecule has 1 aliphatic heterocycles. The van der Waals surface area contributed by atoms with Crippen molar-refractivity contribution in [3.05, 3.63) is 12.8 Å². The molecule has 50 valence electrons.